The standard InChI is InChI=1S/C22H21N3O3/c1-26-18-10-7-16(8-11-18)13-14-24-22-19(15-23)25-21(28-22)12-9-17-5-3-4-6-20(17)27-2/h3-12,24H,13-14H2,1-2H3. The lowest BCUT2D eigenvalue weighted by Gasteiger charge is -2.04. The molecule has 0 saturated carbocycles. The van der Waals surface area contributed by atoms with Gasteiger partial charge in [0.25, 0.3) is 0 Å². The maximum Gasteiger partial charge on any atom is 0.232 e. The van der Waals surface area contributed by atoms with Crippen LogP contribution < -0.4 is 14.8 Å². The van der Waals surface area contributed by atoms with Crippen LogP contribution in [0.3, 0.4) is 0 Å². The highest BCUT2D eigenvalue weighted by molar-refractivity contribution is 5.70. The number of hydrogen-bond donors (Lipinski definition) is 1. The van der Waals surface area contributed by atoms with Crippen molar-refractivity contribution in [1.29, 1.82) is 5.26 Å². The molecule has 0 aliphatic heterocycles. The van der Waals surface area contributed by atoms with E-state index in [2.05, 4.69) is 16.4 Å². The highest BCUT2D eigenvalue weighted by atomic mass is 16.5. The minimum Gasteiger partial charge on any atom is -0.497 e. The number of hydrogen-bond acceptors (Lipinski definition) is 6. The topological polar surface area (TPSA) is 80.3 Å². The summed E-state index contributed by atoms with van der Waals surface area (Å²) in [4.78, 5) is 4.21. The van der Waals surface area contributed by atoms with Gasteiger partial charge in [-0.25, -0.2) is 0 Å². The van der Waals surface area contributed by atoms with Gasteiger partial charge < -0.3 is 19.2 Å². The molecule has 1 aromatic heterocycles. The fraction of sp³-hybridized carbons (Fsp3) is 0.182. The Morgan fingerprint density at radius 3 is 2.57 bits per heavy atom. The monoisotopic (exact) mass is 375 g/mol. The van der Waals surface area contributed by atoms with Crippen LogP contribution in [0, 0.1) is 11.3 Å². The molecule has 0 aliphatic rings. The molecular formula is C22H21N3O3. The number of aromatic nitrogens is 1. The van der Waals surface area contributed by atoms with E-state index in [1.165, 1.54) is 0 Å². The Morgan fingerprint density at radius 1 is 1.07 bits per heavy atom. The van der Waals surface area contributed by atoms with Crippen molar-refractivity contribution in [2.24, 2.45) is 0 Å². The van der Waals surface area contributed by atoms with Crippen LogP contribution in [-0.2, 0) is 6.42 Å². The van der Waals surface area contributed by atoms with Gasteiger partial charge in [0.1, 0.15) is 17.6 Å². The van der Waals surface area contributed by atoms with Gasteiger partial charge in [-0.1, -0.05) is 30.3 Å². The molecule has 0 radical (unpaired) electrons. The molecule has 6 heteroatoms. The molecule has 28 heavy (non-hydrogen) atoms. The number of nitrogens with zero attached hydrogens (tertiary/aromatic N) is 2. The van der Waals surface area contributed by atoms with Crippen LogP contribution >= 0.6 is 0 Å². The van der Waals surface area contributed by atoms with Crippen LogP contribution in [0.15, 0.2) is 52.9 Å². The van der Waals surface area contributed by atoms with E-state index in [1.807, 2.05) is 54.6 Å². The van der Waals surface area contributed by atoms with E-state index in [9.17, 15) is 5.26 Å². The lowest BCUT2D eigenvalue weighted by Crippen LogP contribution is -2.05. The first-order chi connectivity index (χ1) is 13.7. The summed E-state index contributed by atoms with van der Waals surface area (Å²) in [5, 5.41) is 12.4. The van der Waals surface area contributed by atoms with Crippen LogP contribution in [0.25, 0.3) is 12.2 Å². The van der Waals surface area contributed by atoms with Crippen LogP contribution in [-0.4, -0.2) is 25.7 Å². The molecule has 2 aromatic carbocycles. The van der Waals surface area contributed by atoms with Crippen molar-refractivity contribution in [3.05, 3.63) is 71.2 Å². The fourth-order valence-corrected chi connectivity index (χ4v) is 2.68. The first-order valence-corrected chi connectivity index (χ1v) is 8.82. The maximum absolute atomic E-state index is 9.30. The summed E-state index contributed by atoms with van der Waals surface area (Å²) >= 11 is 0. The largest absolute Gasteiger partial charge is 0.497 e. The number of rotatable bonds is 8. The highest BCUT2D eigenvalue weighted by Crippen LogP contribution is 2.22. The zero-order valence-electron chi connectivity index (χ0n) is 15.8. The average Bonchev–Trinajstić information content (AvgIpc) is 3.15. The van der Waals surface area contributed by atoms with Gasteiger partial charge in [-0.2, -0.15) is 10.2 Å². The summed E-state index contributed by atoms with van der Waals surface area (Å²) in [6.45, 7) is 0.617. The number of ether oxygens (including phenoxy) is 2. The third kappa shape index (κ3) is 4.71. The number of benzene rings is 2. The Hall–Kier alpha value is -3.72. The number of nitriles is 1. The maximum atomic E-state index is 9.30. The summed E-state index contributed by atoms with van der Waals surface area (Å²) in [6.07, 6.45) is 4.34. The molecule has 3 aromatic rings. The van der Waals surface area contributed by atoms with Gasteiger partial charge in [-0.3, -0.25) is 0 Å². The number of nitrogens with one attached hydrogen (secondary N) is 1. The van der Waals surface area contributed by atoms with Crippen molar-refractivity contribution in [2.45, 2.75) is 6.42 Å². The third-order valence-electron chi connectivity index (χ3n) is 4.15. The van der Waals surface area contributed by atoms with Crippen molar-refractivity contribution in [2.75, 3.05) is 26.1 Å². The number of oxazole rings is 1. The first kappa shape index (κ1) is 19.1. The molecule has 0 fully saturated rings. The second kappa shape index (κ2) is 9.28. The molecule has 0 atom stereocenters. The van der Waals surface area contributed by atoms with E-state index in [0.29, 0.717) is 18.3 Å². The lowest BCUT2D eigenvalue weighted by molar-refractivity contribution is 0.414. The van der Waals surface area contributed by atoms with Gasteiger partial charge in [0.05, 0.1) is 14.2 Å². The minimum atomic E-state index is 0.231. The molecule has 0 saturated heterocycles. The number of anilines is 1. The fourth-order valence-electron chi connectivity index (χ4n) is 2.68. The van der Waals surface area contributed by atoms with Gasteiger partial charge in [0, 0.05) is 18.2 Å². The van der Waals surface area contributed by atoms with E-state index in [4.69, 9.17) is 13.9 Å². The molecule has 0 spiro atoms. The summed E-state index contributed by atoms with van der Waals surface area (Å²) in [7, 11) is 3.26. The van der Waals surface area contributed by atoms with Gasteiger partial charge in [-0.15, -0.1) is 0 Å². The molecule has 0 amide bonds. The second-order valence-corrected chi connectivity index (χ2v) is 5.94. The first-order valence-electron chi connectivity index (χ1n) is 8.82. The lowest BCUT2D eigenvalue weighted by atomic mass is 10.1. The Labute approximate surface area is 164 Å². The van der Waals surface area contributed by atoms with Crippen molar-refractivity contribution in [3.63, 3.8) is 0 Å². The van der Waals surface area contributed by atoms with E-state index in [0.717, 1.165) is 29.0 Å². The third-order valence-corrected chi connectivity index (χ3v) is 4.15. The van der Waals surface area contributed by atoms with Gasteiger partial charge >= 0.3 is 0 Å². The van der Waals surface area contributed by atoms with Crippen LogP contribution in [0.2, 0.25) is 0 Å². The molecule has 0 bridgehead atoms. The quantitative estimate of drug-likeness (QED) is 0.629. The van der Waals surface area contributed by atoms with Gasteiger partial charge in [-0.05, 0) is 36.3 Å². The normalized spacial score (nSPS) is 10.6. The molecule has 3 rings (SSSR count). The Morgan fingerprint density at radius 2 is 1.86 bits per heavy atom. The average molecular weight is 375 g/mol. The minimum absolute atomic E-state index is 0.231. The Kier molecular flexibility index (Phi) is 6.32. The molecule has 1 N–H and O–H groups in total. The molecule has 1 heterocycles. The zero-order chi connectivity index (χ0) is 19.8. The molecule has 0 aliphatic carbocycles. The van der Waals surface area contributed by atoms with E-state index in [-0.39, 0.29) is 5.69 Å². The summed E-state index contributed by atoms with van der Waals surface area (Å²) in [5.41, 5.74) is 2.28. The van der Waals surface area contributed by atoms with Crippen molar-refractivity contribution >= 4 is 18.0 Å². The summed E-state index contributed by atoms with van der Waals surface area (Å²) < 4.78 is 16.2. The highest BCUT2D eigenvalue weighted by Gasteiger charge is 2.11. The number of methoxy groups -OCH3 is 2. The van der Waals surface area contributed by atoms with Gasteiger partial charge in [0.2, 0.25) is 17.5 Å². The Balaban J connectivity index is 1.65. The SMILES string of the molecule is COc1ccc(CCNc2oc(C=Cc3ccccc3OC)nc2C#N)cc1. The van der Waals surface area contributed by atoms with E-state index >= 15 is 0 Å². The van der Waals surface area contributed by atoms with Crippen LogP contribution in [0.4, 0.5) is 5.88 Å². The van der Waals surface area contributed by atoms with Gasteiger partial charge in [0.15, 0.2) is 0 Å². The van der Waals surface area contributed by atoms with Crippen molar-refractivity contribution in [3.8, 4) is 17.6 Å². The van der Waals surface area contributed by atoms with Crippen molar-refractivity contribution < 1.29 is 13.9 Å². The molecule has 6 nitrogen and oxygen atoms in total. The van der Waals surface area contributed by atoms with E-state index < -0.39 is 0 Å². The van der Waals surface area contributed by atoms with Crippen molar-refractivity contribution in [1.82, 2.24) is 4.98 Å². The Bertz CT molecular complexity index is 985. The van der Waals surface area contributed by atoms with Crippen LogP contribution in [0.1, 0.15) is 22.7 Å². The van der Waals surface area contributed by atoms with E-state index in [1.54, 1.807) is 20.3 Å². The smallest absolute Gasteiger partial charge is 0.232 e. The second-order valence-electron chi connectivity index (χ2n) is 5.94. The van der Waals surface area contributed by atoms with Crippen LogP contribution in [0.5, 0.6) is 11.5 Å². The molecule has 0 unspecified atom stereocenters. The summed E-state index contributed by atoms with van der Waals surface area (Å²) in [5.74, 6) is 2.30. The number of para-hydroxylation sites is 1. The summed E-state index contributed by atoms with van der Waals surface area (Å²) in [6, 6.07) is 17.5. The predicted octanol–water partition coefficient (Wildman–Crippen LogP) is 4.39. The predicted molar refractivity (Wildman–Crippen MR) is 108 cm³/mol. The molecule has 142 valence electrons. The molecular weight excluding hydrogens is 354 g/mol. The zero-order valence-corrected chi connectivity index (χ0v) is 15.8.